The highest BCUT2D eigenvalue weighted by Crippen LogP contribution is 2.20. The van der Waals surface area contributed by atoms with Crippen LogP contribution in [0.4, 0.5) is 0 Å². The van der Waals surface area contributed by atoms with Gasteiger partial charge in [-0.2, -0.15) is 0 Å². The van der Waals surface area contributed by atoms with Crippen LogP contribution in [0.2, 0.25) is 0 Å². The Bertz CT molecular complexity index is 282. The number of rotatable bonds is 4. The summed E-state index contributed by atoms with van der Waals surface area (Å²) < 4.78 is 0. The van der Waals surface area contributed by atoms with Crippen LogP contribution in [0.1, 0.15) is 39.0 Å². The predicted octanol–water partition coefficient (Wildman–Crippen LogP) is 1.07. The molecule has 0 aromatic heterocycles. The fourth-order valence-electron chi connectivity index (χ4n) is 3.25. The first-order valence-corrected chi connectivity index (χ1v) is 7.43. The SMILES string of the molecule is CCC1CCCCN1C(=O)CN1CCC(NC)C1. The highest BCUT2D eigenvalue weighted by molar-refractivity contribution is 5.78. The molecule has 2 heterocycles. The molecule has 0 aromatic rings. The minimum atomic E-state index is 0.346. The van der Waals surface area contributed by atoms with E-state index in [1.54, 1.807) is 0 Å². The molecule has 2 saturated heterocycles. The summed E-state index contributed by atoms with van der Waals surface area (Å²) in [5.74, 6) is 0.346. The monoisotopic (exact) mass is 253 g/mol. The highest BCUT2D eigenvalue weighted by atomic mass is 16.2. The quantitative estimate of drug-likeness (QED) is 0.814. The van der Waals surface area contributed by atoms with E-state index in [-0.39, 0.29) is 0 Å². The Morgan fingerprint density at radius 1 is 1.28 bits per heavy atom. The molecule has 1 amide bonds. The lowest BCUT2D eigenvalue weighted by molar-refractivity contribution is -0.135. The van der Waals surface area contributed by atoms with Crippen molar-refractivity contribution in [2.75, 3.05) is 33.2 Å². The standard InChI is InChI=1S/C14H27N3O/c1-3-13-6-4-5-8-17(13)14(18)11-16-9-7-12(10-16)15-2/h12-13,15H,3-11H2,1-2H3. The number of hydrogen-bond donors (Lipinski definition) is 1. The van der Waals surface area contributed by atoms with Gasteiger partial charge in [0.15, 0.2) is 0 Å². The van der Waals surface area contributed by atoms with Gasteiger partial charge < -0.3 is 10.2 Å². The number of piperidine rings is 1. The third kappa shape index (κ3) is 3.23. The third-order valence-electron chi connectivity index (χ3n) is 4.46. The second-order valence-corrected chi connectivity index (χ2v) is 5.65. The van der Waals surface area contributed by atoms with Crippen LogP contribution < -0.4 is 5.32 Å². The van der Waals surface area contributed by atoms with Crippen LogP contribution in [-0.2, 0) is 4.79 Å². The second kappa shape index (κ2) is 6.53. The third-order valence-corrected chi connectivity index (χ3v) is 4.46. The van der Waals surface area contributed by atoms with Gasteiger partial charge in [0.05, 0.1) is 6.54 Å². The van der Waals surface area contributed by atoms with E-state index in [1.165, 1.54) is 25.7 Å². The van der Waals surface area contributed by atoms with Crippen molar-refractivity contribution in [1.82, 2.24) is 15.1 Å². The number of carbonyl (C=O) groups excluding carboxylic acids is 1. The molecule has 0 spiro atoms. The van der Waals surface area contributed by atoms with Gasteiger partial charge in [-0.15, -0.1) is 0 Å². The normalized spacial score (nSPS) is 29.8. The molecule has 0 radical (unpaired) electrons. The smallest absolute Gasteiger partial charge is 0.236 e. The first kappa shape index (κ1) is 13.8. The molecule has 0 aliphatic carbocycles. The summed E-state index contributed by atoms with van der Waals surface area (Å²) in [6.45, 7) is 5.87. The van der Waals surface area contributed by atoms with E-state index >= 15 is 0 Å². The van der Waals surface area contributed by atoms with Crippen molar-refractivity contribution in [3.8, 4) is 0 Å². The molecular weight excluding hydrogens is 226 g/mol. The Hall–Kier alpha value is -0.610. The maximum Gasteiger partial charge on any atom is 0.236 e. The topological polar surface area (TPSA) is 35.6 Å². The summed E-state index contributed by atoms with van der Waals surface area (Å²) in [6.07, 6.45) is 5.93. The predicted molar refractivity (Wildman–Crippen MR) is 73.5 cm³/mol. The molecule has 2 aliphatic heterocycles. The zero-order chi connectivity index (χ0) is 13.0. The average Bonchev–Trinajstić information content (AvgIpc) is 2.86. The van der Waals surface area contributed by atoms with Gasteiger partial charge in [-0.1, -0.05) is 6.92 Å². The van der Waals surface area contributed by atoms with Crippen LogP contribution >= 0.6 is 0 Å². The lowest BCUT2D eigenvalue weighted by Crippen LogP contribution is -2.47. The minimum absolute atomic E-state index is 0.346. The molecule has 4 heteroatoms. The fraction of sp³-hybridized carbons (Fsp3) is 0.929. The van der Waals surface area contributed by atoms with Gasteiger partial charge in [0.2, 0.25) is 5.91 Å². The Morgan fingerprint density at radius 3 is 2.78 bits per heavy atom. The van der Waals surface area contributed by atoms with E-state index in [2.05, 4.69) is 22.0 Å². The van der Waals surface area contributed by atoms with Crippen molar-refractivity contribution in [3.05, 3.63) is 0 Å². The first-order valence-electron chi connectivity index (χ1n) is 7.43. The van der Waals surface area contributed by atoms with Crippen molar-refractivity contribution in [1.29, 1.82) is 0 Å². The zero-order valence-electron chi connectivity index (χ0n) is 11.8. The molecular formula is C14H27N3O. The summed E-state index contributed by atoms with van der Waals surface area (Å²) in [5, 5.41) is 3.30. The van der Waals surface area contributed by atoms with Gasteiger partial charge in [0, 0.05) is 31.7 Å². The molecule has 2 unspecified atom stereocenters. The van der Waals surface area contributed by atoms with E-state index in [0.717, 1.165) is 26.1 Å². The Kier molecular flexibility index (Phi) is 5.01. The van der Waals surface area contributed by atoms with Crippen molar-refractivity contribution >= 4 is 5.91 Å². The second-order valence-electron chi connectivity index (χ2n) is 5.65. The van der Waals surface area contributed by atoms with E-state index in [9.17, 15) is 4.79 Å². The van der Waals surface area contributed by atoms with E-state index in [4.69, 9.17) is 0 Å². The number of nitrogens with zero attached hydrogens (tertiary/aromatic N) is 2. The molecule has 1 N–H and O–H groups in total. The molecule has 2 fully saturated rings. The lowest BCUT2D eigenvalue weighted by Gasteiger charge is -2.36. The maximum atomic E-state index is 12.4. The highest BCUT2D eigenvalue weighted by Gasteiger charge is 2.28. The molecule has 2 rings (SSSR count). The molecule has 0 saturated carbocycles. The first-order chi connectivity index (χ1) is 8.74. The Balaban J connectivity index is 1.83. The summed E-state index contributed by atoms with van der Waals surface area (Å²) in [4.78, 5) is 16.8. The van der Waals surface area contributed by atoms with Crippen LogP contribution in [0, 0.1) is 0 Å². The van der Waals surface area contributed by atoms with Crippen LogP contribution in [0.3, 0.4) is 0 Å². The van der Waals surface area contributed by atoms with Crippen molar-refractivity contribution in [2.45, 2.75) is 51.1 Å². The van der Waals surface area contributed by atoms with Crippen LogP contribution in [0.25, 0.3) is 0 Å². The van der Waals surface area contributed by atoms with Crippen LogP contribution in [0.5, 0.6) is 0 Å². The summed E-state index contributed by atoms with van der Waals surface area (Å²) >= 11 is 0. The van der Waals surface area contributed by atoms with Gasteiger partial charge in [0.25, 0.3) is 0 Å². The maximum absolute atomic E-state index is 12.4. The number of hydrogen-bond acceptors (Lipinski definition) is 3. The van der Waals surface area contributed by atoms with Gasteiger partial charge >= 0.3 is 0 Å². The zero-order valence-corrected chi connectivity index (χ0v) is 11.8. The summed E-state index contributed by atoms with van der Waals surface area (Å²) in [6, 6.07) is 1.06. The number of nitrogens with one attached hydrogen (secondary N) is 1. The van der Waals surface area contributed by atoms with Crippen molar-refractivity contribution in [2.24, 2.45) is 0 Å². The Morgan fingerprint density at radius 2 is 2.11 bits per heavy atom. The largest absolute Gasteiger partial charge is 0.339 e. The number of amides is 1. The fourth-order valence-corrected chi connectivity index (χ4v) is 3.25. The van der Waals surface area contributed by atoms with Gasteiger partial charge in [-0.05, 0) is 39.2 Å². The molecule has 2 atom stereocenters. The molecule has 18 heavy (non-hydrogen) atoms. The van der Waals surface area contributed by atoms with Crippen molar-refractivity contribution < 1.29 is 4.79 Å². The minimum Gasteiger partial charge on any atom is -0.339 e. The molecule has 0 bridgehead atoms. The summed E-state index contributed by atoms with van der Waals surface area (Å²) in [7, 11) is 2.01. The van der Waals surface area contributed by atoms with Gasteiger partial charge in [-0.3, -0.25) is 9.69 Å². The number of carbonyl (C=O) groups is 1. The molecule has 104 valence electrons. The number of likely N-dealkylation sites (tertiary alicyclic amines) is 2. The van der Waals surface area contributed by atoms with Crippen LogP contribution in [0.15, 0.2) is 0 Å². The molecule has 0 aromatic carbocycles. The molecule has 2 aliphatic rings. The summed E-state index contributed by atoms with van der Waals surface area (Å²) in [5.41, 5.74) is 0. The number of likely N-dealkylation sites (N-methyl/N-ethyl adjacent to an activating group) is 1. The van der Waals surface area contributed by atoms with E-state index in [0.29, 0.717) is 24.5 Å². The van der Waals surface area contributed by atoms with Gasteiger partial charge in [0.1, 0.15) is 0 Å². The van der Waals surface area contributed by atoms with Gasteiger partial charge in [-0.25, -0.2) is 0 Å². The van der Waals surface area contributed by atoms with Crippen molar-refractivity contribution in [3.63, 3.8) is 0 Å². The average molecular weight is 253 g/mol. The van der Waals surface area contributed by atoms with E-state index in [1.807, 2.05) is 7.05 Å². The van der Waals surface area contributed by atoms with Crippen LogP contribution in [-0.4, -0.2) is 61.0 Å². The molecule has 4 nitrogen and oxygen atoms in total. The lowest BCUT2D eigenvalue weighted by atomic mass is 10.00. The van der Waals surface area contributed by atoms with E-state index < -0.39 is 0 Å². The Labute approximate surface area is 111 Å².